The Bertz CT molecular complexity index is 1330. The van der Waals surface area contributed by atoms with E-state index in [0.29, 0.717) is 16.5 Å². The molecule has 0 unspecified atom stereocenters. The Morgan fingerprint density at radius 1 is 1.34 bits per heavy atom. The van der Waals surface area contributed by atoms with Crippen LogP contribution in [0.25, 0.3) is 16.9 Å². The molecule has 0 fully saturated rings. The molecule has 0 radical (unpaired) electrons. The first-order chi connectivity index (χ1) is 14.0. The molecule has 3 heterocycles. The van der Waals surface area contributed by atoms with Crippen molar-refractivity contribution in [3.8, 4) is 17.3 Å². The summed E-state index contributed by atoms with van der Waals surface area (Å²) in [7, 11) is 0. The number of nitriles is 1. The van der Waals surface area contributed by atoms with E-state index in [0.717, 1.165) is 10.1 Å². The van der Waals surface area contributed by atoms with E-state index < -0.39 is 11.5 Å². The van der Waals surface area contributed by atoms with E-state index in [4.69, 9.17) is 5.26 Å². The number of aromatic amines is 1. The number of hydrogen-bond donors (Lipinski definition) is 2. The number of H-pyrrole nitrogens is 1. The summed E-state index contributed by atoms with van der Waals surface area (Å²) in [5.74, 6) is -0.757. The fraction of sp³-hybridized carbons (Fsp3) is 0.105. The smallest absolute Gasteiger partial charge is 0.276 e. The molecule has 3 aromatic heterocycles. The van der Waals surface area contributed by atoms with E-state index in [-0.39, 0.29) is 29.0 Å². The van der Waals surface area contributed by atoms with Gasteiger partial charge in [-0.3, -0.25) is 14.7 Å². The lowest BCUT2D eigenvalue weighted by atomic mass is 10.1. The van der Waals surface area contributed by atoms with Crippen LogP contribution < -0.4 is 10.9 Å². The molecule has 4 rings (SSSR count). The SMILES string of the molecule is Cc1nc2c(C#N)c[nH]n2c(=O)c1CC(=O)Nc1nc(-c2ccc(F)cc2)cs1. The molecule has 1 amide bonds. The number of aryl methyl sites for hydroxylation is 1. The summed E-state index contributed by atoms with van der Waals surface area (Å²) >= 11 is 1.23. The van der Waals surface area contributed by atoms with Crippen LogP contribution in [0.1, 0.15) is 16.8 Å². The number of benzene rings is 1. The third kappa shape index (κ3) is 3.51. The highest BCUT2D eigenvalue weighted by atomic mass is 32.1. The van der Waals surface area contributed by atoms with Crippen molar-refractivity contribution in [1.29, 1.82) is 5.26 Å². The molecule has 0 aliphatic carbocycles. The minimum absolute atomic E-state index is 0.188. The molecule has 0 bridgehead atoms. The molecule has 4 aromatic rings. The Hall–Kier alpha value is -3.84. The molecular formula is C19H13FN6O2S. The lowest BCUT2D eigenvalue weighted by Gasteiger charge is -2.05. The standard InChI is InChI=1S/C19H13FN6O2S/c1-10-14(18(28)26-17(23-10)12(7-21)8-22-26)6-16(27)25-19-24-15(9-29-19)11-2-4-13(20)5-3-11/h2-5,8-9,22H,6H2,1H3,(H,24,25,27). The van der Waals surface area contributed by atoms with Crippen molar-refractivity contribution in [3.05, 3.63) is 68.8 Å². The first-order valence-electron chi connectivity index (χ1n) is 8.47. The average molecular weight is 408 g/mol. The maximum Gasteiger partial charge on any atom is 0.276 e. The van der Waals surface area contributed by atoms with Crippen LogP contribution in [0.5, 0.6) is 0 Å². The number of hydrogen-bond acceptors (Lipinski definition) is 6. The molecule has 10 heteroatoms. The largest absolute Gasteiger partial charge is 0.302 e. The van der Waals surface area contributed by atoms with E-state index in [2.05, 4.69) is 20.4 Å². The van der Waals surface area contributed by atoms with Gasteiger partial charge in [-0.25, -0.2) is 18.9 Å². The van der Waals surface area contributed by atoms with Crippen LogP contribution in [0.15, 0.2) is 40.6 Å². The average Bonchev–Trinajstić information content (AvgIpc) is 3.32. The van der Waals surface area contributed by atoms with Crippen molar-refractivity contribution < 1.29 is 9.18 Å². The summed E-state index contributed by atoms with van der Waals surface area (Å²) in [6.07, 6.45) is 1.20. The highest BCUT2D eigenvalue weighted by Gasteiger charge is 2.17. The topological polar surface area (TPSA) is 116 Å². The van der Waals surface area contributed by atoms with E-state index in [1.165, 1.54) is 29.7 Å². The van der Waals surface area contributed by atoms with Gasteiger partial charge in [0, 0.05) is 28.4 Å². The van der Waals surface area contributed by atoms with Gasteiger partial charge < -0.3 is 5.32 Å². The number of aromatic nitrogens is 4. The molecule has 0 aliphatic heterocycles. The van der Waals surface area contributed by atoms with Gasteiger partial charge in [0.1, 0.15) is 17.4 Å². The number of halogens is 1. The quantitative estimate of drug-likeness (QED) is 0.539. The Morgan fingerprint density at radius 2 is 2.10 bits per heavy atom. The van der Waals surface area contributed by atoms with Crippen molar-refractivity contribution in [2.24, 2.45) is 0 Å². The maximum absolute atomic E-state index is 13.0. The van der Waals surface area contributed by atoms with Gasteiger partial charge in [-0.2, -0.15) is 5.26 Å². The van der Waals surface area contributed by atoms with Crippen LogP contribution in [0.4, 0.5) is 9.52 Å². The van der Waals surface area contributed by atoms with Gasteiger partial charge in [-0.15, -0.1) is 11.3 Å². The van der Waals surface area contributed by atoms with Gasteiger partial charge in [0.15, 0.2) is 10.8 Å². The van der Waals surface area contributed by atoms with E-state index in [1.807, 2.05) is 6.07 Å². The molecule has 8 nitrogen and oxygen atoms in total. The first kappa shape index (κ1) is 18.5. The Morgan fingerprint density at radius 3 is 2.83 bits per heavy atom. The number of amides is 1. The van der Waals surface area contributed by atoms with Gasteiger partial charge in [0.2, 0.25) is 5.91 Å². The summed E-state index contributed by atoms with van der Waals surface area (Å²) in [6.45, 7) is 1.62. The second-order valence-electron chi connectivity index (χ2n) is 6.21. The lowest BCUT2D eigenvalue weighted by molar-refractivity contribution is -0.115. The van der Waals surface area contributed by atoms with Crippen molar-refractivity contribution in [1.82, 2.24) is 19.6 Å². The van der Waals surface area contributed by atoms with Gasteiger partial charge in [0.05, 0.1) is 12.1 Å². The van der Waals surface area contributed by atoms with Crippen molar-refractivity contribution in [2.75, 3.05) is 5.32 Å². The molecule has 1 aromatic carbocycles. The Balaban J connectivity index is 1.54. The second kappa shape index (κ2) is 7.29. The van der Waals surface area contributed by atoms with Gasteiger partial charge in [-0.1, -0.05) is 0 Å². The lowest BCUT2D eigenvalue weighted by Crippen LogP contribution is -2.26. The molecule has 0 saturated heterocycles. The molecule has 144 valence electrons. The third-order valence-corrected chi connectivity index (χ3v) is 5.07. The van der Waals surface area contributed by atoms with Gasteiger partial charge in [0.25, 0.3) is 5.56 Å². The molecule has 0 spiro atoms. The first-order valence-corrected chi connectivity index (χ1v) is 9.35. The Kier molecular flexibility index (Phi) is 4.66. The Labute approximate surface area is 167 Å². The number of anilines is 1. The molecule has 29 heavy (non-hydrogen) atoms. The van der Waals surface area contributed by atoms with Crippen LogP contribution in [-0.4, -0.2) is 25.5 Å². The summed E-state index contributed by atoms with van der Waals surface area (Å²) in [5, 5.41) is 16.5. The minimum atomic E-state index is -0.435. The summed E-state index contributed by atoms with van der Waals surface area (Å²) < 4.78 is 14.2. The van der Waals surface area contributed by atoms with Crippen molar-refractivity contribution in [3.63, 3.8) is 0 Å². The molecule has 0 saturated carbocycles. The van der Waals surface area contributed by atoms with Crippen LogP contribution >= 0.6 is 11.3 Å². The van der Waals surface area contributed by atoms with E-state index >= 15 is 0 Å². The van der Waals surface area contributed by atoms with Crippen LogP contribution in [-0.2, 0) is 11.2 Å². The molecular weight excluding hydrogens is 395 g/mol. The predicted octanol–water partition coefficient (Wildman–Crippen LogP) is 2.65. The van der Waals surface area contributed by atoms with E-state index in [9.17, 15) is 14.0 Å². The zero-order chi connectivity index (χ0) is 20.5. The minimum Gasteiger partial charge on any atom is -0.302 e. The summed E-state index contributed by atoms with van der Waals surface area (Å²) in [5.41, 5.74) is 1.98. The van der Waals surface area contributed by atoms with Crippen LogP contribution in [0.3, 0.4) is 0 Å². The number of carbonyl (C=O) groups is 1. The summed E-state index contributed by atoms with van der Waals surface area (Å²) in [4.78, 5) is 33.7. The number of rotatable bonds is 4. The normalized spacial score (nSPS) is 10.8. The zero-order valence-corrected chi connectivity index (χ0v) is 15.9. The number of nitrogens with zero attached hydrogens (tertiary/aromatic N) is 4. The number of thiazole rings is 1. The molecule has 0 aliphatic rings. The number of fused-ring (bicyclic) bond motifs is 1. The fourth-order valence-corrected chi connectivity index (χ4v) is 3.59. The van der Waals surface area contributed by atoms with Crippen molar-refractivity contribution >= 4 is 28.0 Å². The maximum atomic E-state index is 13.0. The van der Waals surface area contributed by atoms with Gasteiger partial charge >= 0.3 is 0 Å². The monoisotopic (exact) mass is 408 g/mol. The highest BCUT2D eigenvalue weighted by molar-refractivity contribution is 7.14. The summed E-state index contributed by atoms with van der Waals surface area (Å²) in [6, 6.07) is 7.84. The van der Waals surface area contributed by atoms with E-state index in [1.54, 1.807) is 24.4 Å². The third-order valence-electron chi connectivity index (χ3n) is 4.31. The van der Waals surface area contributed by atoms with Crippen LogP contribution in [0.2, 0.25) is 0 Å². The second-order valence-corrected chi connectivity index (χ2v) is 7.07. The van der Waals surface area contributed by atoms with Gasteiger partial charge in [-0.05, 0) is 31.2 Å². The predicted molar refractivity (Wildman–Crippen MR) is 105 cm³/mol. The highest BCUT2D eigenvalue weighted by Crippen LogP contribution is 2.25. The van der Waals surface area contributed by atoms with Crippen LogP contribution in [0, 0.1) is 24.1 Å². The number of carbonyl (C=O) groups excluding carboxylic acids is 1. The molecule has 2 N–H and O–H groups in total. The van der Waals surface area contributed by atoms with Crippen molar-refractivity contribution in [2.45, 2.75) is 13.3 Å². The fourth-order valence-electron chi connectivity index (χ4n) is 2.85. The number of nitrogens with one attached hydrogen (secondary N) is 2. The molecule has 0 atom stereocenters. The zero-order valence-electron chi connectivity index (χ0n) is 15.1.